The zero-order valence-corrected chi connectivity index (χ0v) is 19.3. The lowest BCUT2D eigenvalue weighted by Gasteiger charge is -2.16. The molecule has 6 rings (SSSR count). The van der Waals surface area contributed by atoms with Gasteiger partial charge in [0.25, 0.3) is 11.7 Å². The molecular formula is C27H24N6O2. The summed E-state index contributed by atoms with van der Waals surface area (Å²) in [5, 5.41) is 8.85. The summed E-state index contributed by atoms with van der Waals surface area (Å²) in [5.41, 5.74) is 5.35. The van der Waals surface area contributed by atoms with E-state index in [2.05, 4.69) is 44.5 Å². The highest BCUT2D eigenvalue weighted by Crippen LogP contribution is 2.53. The number of rotatable bonds is 7. The van der Waals surface area contributed by atoms with Crippen molar-refractivity contribution >= 4 is 22.6 Å². The van der Waals surface area contributed by atoms with E-state index in [0.717, 1.165) is 40.7 Å². The topological polar surface area (TPSA) is 94.3 Å². The molecule has 174 valence electrons. The molecule has 3 heterocycles. The average molecular weight is 465 g/mol. The maximum atomic E-state index is 12.3. The van der Waals surface area contributed by atoms with Gasteiger partial charge in [-0.05, 0) is 48.7 Å². The molecule has 1 aliphatic carbocycles. The molecule has 1 N–H and O–H groups in total. The van der Waals surface area contributed by atoms with Gasteiger partial charge in [-0.2, -0.15) is 9.61 Å². The van der Waals surface area contributed by atoms with Crippen molar-refractivity contribution in [2.24, 2.45) is 0 Å². The third kappa shape index (κ3) is 3.81. The molecule has 0 saturated heterocycles. The molecule has 1 amide bonds. The normalized spacial score (nSPS) is 14.3. The number of carbonyl (C=O) groups excluding carboxylic acids is 1. The largest absolute Gasteiger partial charge is 0.383 e. The molecular weight excluding hydrogens is 440 g/mol. The minimum atomic E-state index is -0.131. The second-order valence-corrected chi connectivity index (χ2v) is 8.82. The maximum Gasteiger partial charge on any atom is 0.251 e. The molecule has 1 aliphatic rings. The van der Waals surface area contributed by atoms with Crippen LogP contribution in [0.2, 0.25) is 0 Å². The van der Waals surface area contributed by atoms with Crippen molar-refractivity contribution in [2.75, 3.05) is 20.3 Å². The molecule has 0 radical (unpaired) electrons. The van der Waals surface area contributed by atoms with Gasteiger partial charge < -0.3 is 10.1 Å². The molecule has 0 atom stereocenters. The minimum Gasteiger partial charge on any atom is -0.383 e. The van der Waals surface area contributed by atoms with Gasteiger partial charge in [0.15, 0.2) is 0 Å². The van der Waals surface area contributed by atoms with Crippen molar-refractivity contribution in [1.82, 2.24) is 29.9 Å². The number of nitrogens with one attached hydrogen (secondary N) is 1. The number of ether oxygens (including phenoxy) is 1. The van der Waals surface area contributed by atoms with Crippen LogP contribution in [0.5, 0.6) is 0 Å². The summed E-state index contributed by atoms with van der Waals surface area (Å²) in [6.45, 7) is 0.947. The summed E-state index contributed by atoms with van der Waals surface area (Å²) in [6.07, 6.45) is 7.50. The fourth-order valence-corrected chi connectivity index (χ4v) is 4.59. The van der Waals surface area contributed by atoms with E-state index >= 15 is 0 Å². The zero-order chi connectivity index (χ0) is 23.8. The Kier molecular flexibility index (Phi) is 5.22. The molecule has 8 heteroatoms. The molecule has 0 spiro atoms. The Bertz CT molecular complexity index is 1540. The summed E-state index contributed by atoms with van der Waals surface area (Å²) in [6, 6.07) is 17.9. The van der Waals surface area contributed by atoms with E-state index in [-0.39, 0.29) is 11.3 Å². The Balaban J connectivity index is 1.32. The summed E-state index contributed by atoms with van der Waals surface area (Å²) in [7, 11) is 1.61. The highest BCUT2D eigenvalue weighted by molar-refractivity contribution is 5.94. The van der Waals surface area contributed by atoms with E-state index in [1.807, 2.05) is 35.1 Å². The summed E-state index contributed by atoms with van der Waals surface area (Å²) < 4.78 is 6.84. The summed E-state index contributed by atoms with van der Waals surface area (Å²) >= 11 is 0. The van der Waals surface area contributed by atoms with E-state index in [9.17, 15) is 4.79 Å². The third-order valence-electron chi connectivity index (χ3n) is 6.66. The molecule has 8 nitrogen and oxygen atoms in total. The van der Waals surface area contributed by atoms with Gasteiger partial charge in [-0.1, -0.05) is 24.3 Å². The Labute approximate surface area is 202 Å². The predicted molar refractivity (Wildman–Crippen MR) is 132 cm³/mol. The van der Waals surface area contributed by atoms with Crippen LogP contribution >= 0.6 is 0 Å². The van der Waals surface area contributed by atoms with E-state index in [0.29, 0.717) is 24.5 Å². The monoisotopic (exact) mass is 464 g/mol. The number of hydrogen-bond acceptors (Lipinski definition) is 6. The van der Waals surface area contributed by atoms with Gasteiger partial charge in [0, 0.05) is 41.8 Å². The maximum absolute atomic E-state index is 12.3. The quantitative estimate of drug-likeness (QED) is 0.368. The van der Waals surface area contributed by atoms with Crippen molar-refractivity contribution < 1.29 is 9.53 Å². The van der Waals surface area contributed by atoms with Crippen LogP contribution in [0.25, 0.3) is 27.9 Å². The van der Waals surface area contributed by atoms with Crippen LogP contribution in [0.3, 0.4) is 0 Å². The number of aromatic nitrogens is 5. The fraction of sp³-hybridized carbons (Fsp3) is 0.222. The van der Waals surface area contributed by atoms with E-state index in [4.69, 9.17) is 9.84 Å². The molecule has 35 heavy (non-hydrogen) atoms. The fourth-order valence-electron chi connectivity index (χ4n) is 4.59. The molecule has 2 aromatic carbocycles. The first kappa shape index (κ1) is 21.4. The molecule has 1 fully saturated rings. The SMILES string of the molecule is COCCNC(=O)c1ccc(-c2cnc3ncc(C4(c5ccc6ncccc6c5)CC4)n3n2)cc1. The number of hydrogen-bond donors (Lipinski definition) is 1. The first-order valence-corrected chi connectivity index (χ1v) is 11.6. The number of benzene rings is 2. The first-order valence-electron chi connectivity index (χ1n) is 11.6. The van der Waals surface area contributed by atoms with Crippen molar-refractivity contribution in [3.05, 3.63) is 90.0 Å². The van der Waals surface area contributed by atoms with E-state index in [1.165, 1.54) is 5.56 Å². The first-order chi connectivity index (χ1) is 17.2. The van der Waals surface area contributed by atoms with Crippen LogP contribution in [-0.2, 0) is 10.2 Å². The van der Waals surface area contributed by atoms with Gasteiger partial charge in [0.05, 0.1) is 30.2 Å². The minimum absolute atomic E-state index is 0.124. The number of methoxy groups -OCH3 is 1. The number of fused-ring (bicyclic) bond motifs is 2. The summed E-state index contributed by atoms with van der Waals surface area (Å²) in [4.78, 5) is 25.8. The molecule has 0 aliphatic heterocycles. The van der Waals surface area contributed by atoms with Crippen molar-refractivity contribution in [2.45, 2.75) is 18.3 Å². The lowest BCUT2D eigenvalue weighted by atomic mass is 9.91. The lowest BCUT2D eigenvalue weighted by molar-refractivity contribution is 0.0937. The zero-order valence-electron chi connectivity index (χ0n) is 19.3. The molecule has 0 unspecified atom stereocenters. The third-order valence-corrected chi connectivity index (χ3v) is 6.66. The molecule has 5 aromatic rings. The van der Waals surface area contributed by atoms with Gasteiger partial charge in [0.1, 0.15) is 5.69 Å². The number of amides is 1. The Morgan fingerprint density at radius 3 is 2.69 bits per heavy atom. The average Bonchev–Trinajstić information content (AvgIpc) is 3.60. The number of imidazole rings is 1. The van der Waals surface area contributed by atoms with Gasteiger partial charge in [-0.3, -0.25) is 9.78 Å². The van der Waals surface area contributed by atoms with Gasteiger partial charge in [0.2, 0.25) is 0 Å². The van der Waals surface area contributed by atoms with Gasteiger partial charge >= 0.3 is 0 Å². The van der Waals surface area contributed by atoms with Gasteiger partial charge in [-0.15, -0.1) is 0 Å². The standard InChI is InChI=1S/C27H24N6O2/c1-35-14-13-29-25(34)19-6-4-18(5-7-19)23-16-30-26-31-17-24(33(26)32-23)27(10-11-27)21-8-9-22-20(15-21)3-2-12-28-22/h2-9,12,15-17H,10-11,13-14H2,1H3,(H,29,34). The van der Waals surface area contributed by atoms with Crippen LogP contribution in [0.15, 0.2) is 73.2 Å². The Morgan fingerprint density at radius 1 is 1.06 bits per heavy atom. The summed E-state index contributed by atoms with van der Waals surface area (Å²) in [5.74, 6) is 0.444. The second-order valence-electron chi connectivity index (χ2n) is 8.82. The van der Waals surface area contributed by atoms with E-state index in [1.54, 1.807) is 25.4 Å². The van der Waals surface area contributed by atoms with Crippen LogP contribution in [0.4, 0.5) is 0 Å². The Morgan fingerprint density at radius 2 is 1.89 bits per heavy atom. The molecule has 1 saturated carbocycles. The smallest absolute Gasteiger partial charge is 0.251 e. The van der Waals surface area contributed by atoms with Crippen molar-refractivity contribution in [3.8, 4) is 11.3 Å². The Hall–Kier alpha value is -4.17. The van der Waals surface area contributed by atoms with Crippen molar-refractivity contribution in [3.63, 3.8) is 0 Å². The van der Waals surface area contributed by atoms with E-state index < -0.39 is 0 Å². The lowest BCUT2D eigenvalue weighted by Crippen LogP contribution is -2.26. The highest BCUT2D eigenvalue weighted by Gasteiger charge is 2.48. The highest BCUT2D eigenvalue weighted by atomic mass is 16.5. The predicted octanol–water partition coefficient (Wildman–Crippen LogP) is 3.80. The molecule has 0 bridgehead atoms. The van der Waals surface area contributed by atoms with Crippen LogP contribution in [0, 0.1) is 0 Å². The van der Waals surface area contributed by atoms with Crippen molar-refractivity contribution in [1.29, 1.82) is 0 Å². The molecule has 3 aromatic heterocycles. The van der Waals surface area contributed by atoms with Gasteiger partial charge in [-0.25, -0.2) is 9.97 Å². The van der Waals surface area contributed by atoms with Crippen LogP contribution < -0.4 is 5.32 Å². The van der Waals surface area contributed by atoms with Crippen LogP contribution in [-0.4, -0.2) is 50.7 Å². The number of carbonyl (C=O) groups is 1. The second kappa shape index (κ2) is 8.56. The number of nitrogens with zero attached hydrogens (tertiary/aromatic N) is 5. The number of pyridine rings is 1. The van der Waals surface area contributed by atoms with Crippen LogP contribution in [0.1, 0.15) is 34.5 Å².